The number of nitrogens with zero attached hydrogens (tertiary/aromatic N) is 4. The van der Waals surface area contributed by atoms with Gasteiger partial charge >= 0.3 is 0 Å². The molecule has 0 radical (unpaired) electrons. The Hall–Kier alpha value is -8.86. The summed E-state index contributed by atoms with van der Waals surface area (Å²) in [4.78, 5) is 13.7. The SMILES string of the molecule is c1ccc(-c2ccc3c4c5nc6c7ccc(N(c8ccc9ccccc9c8)c8cccc9ccccc89)cc7c7ccccc7c6nc5ccc4n(-c4cccc5ccccc45)c3c2)cc1. The van der Waals surface area contributed by atoms with Crippen LogP contribution in [0.15, 0.2) is 231 Å². The van der Waals surface area contributed by atoms with E-state index in [4.69, 9.17) is 9.97 Å². The van der Waals surface area contributed by atoms with Crippen molar-refractivity contribution in [1.29, 1.82) is 0 Å². The summed E-state index contributed by atoms with van der Waals surface area (Å²) in [5, 5.41) is 13.9. The molecule has 0 atom stereocenters. The van der Waals surface area contributed by atoms with Gasteiger partial charge in [0, 0.05) is 43.7 Å². The lowest BCUT2D eigenvalue weighted by Crippen LogP contribution is -2.10. The molecule has 4 heteroatoms. The zero-order valence-corrected chi connectivity index (χ0v) is 35.7. The molecule has 0 fully saturated rings. The van der Waals surface area contributed by atoms with Crippen LogP contribution in [0, 0.1) is 0 Å². The topological polar surface area (TPSA) is 34.0 Å². The molecule has 14 rings (SSSR count). The van der Waals surface area contributed by atoms with Gasteiger partial charge in [-0.1, -0.05) is 176 Å². The summed E-state index contributed by atoms with van der Waals surface area (Å²) < 4.78 is 2.43. The molecule has 0 bridgehead atoms. The second-order valence-electron chi connectivity index (χ2n) is 17.3. The lowest BCUT2D eigenvalue weighted by atomic mass is 9.97. The van der Waals surface area contributed by atoms with Crippen molar-refractivity contribution < 1.29 is 0 Å². The fourth-order valence-electron chi connectivity index (χ4n) is 10.6. The molecule has 0 saturated heterocycles. The van der Waals surface area contributed by atoms with Gasteiger partial charge in [0.05, 0.1) is 44.5 Å². The van der Waals surface area contributed by atoms with E-state index < -0.39 is 0 Å². The molecule has 66 heavy (non-hydrogen) atoms. The summed E-state index contributed by atoms with van der Waals surface area (Å²) in [5.41, 5.74) is 12.6. The van der Waals surface area contributed by atoms with Crippen molar-refractivity contribution in [1.82, 2.24) is 14.5 Å². The number of hydrogen-bond donors (Lipinski definition) is 0. The summed E-state index contributed by atoms with van der Waals surface area (Å²) in [5.74, 6) is 0. The van der Waals surface area contributed by atoms with Crippen LogP contribution in [0.4, 0.5) is 17.1 Å². The Balaban J connectivity index is 1.06. The van der Waals surface area contributed by atoms with Gasteiger partial charge in [0.1, 0.15) is 0 Å². The first-order valence-corrected chi connectivity index (χ1v) is 22.6. The van der Waals surface area contributed by atoms with Crippen LogP contribution in [0.25, 0.3) is 115 Å². The zero-order chi connectivity index (χ0) is 43.3. The Morgan fingerprint density at radius 1 is 0.318 bits per heavy atom. The van der Waals surface area contributed by atoms with E-state index in [2.05, 4.69) is 240 Å². The predicted molar refractivity (Wildman–Crippen MR) is 279 cm³/mol. The van der Waals surface area contributed by atoms with Gasteiger partial charge in [-0.05, 0) is 98.0 Å². The predicted octanol–water partition coefficient (Wildman–Crippen LogP) is 16.8. The van der Waals surface area contributed by atoms with E-state index in [1.807, 2.05) is 0 Å². The molecule has 4 nitrogen and oxygen atoms in total. The van der Waals surface area contributed by atoms with E-state index in [9.17, 15) is 0 Å². The van der Waals surface area contributed by atoms with E-state index in [0.29, 0.717) is 0 Å². The largest absolute Gasteiger partial charge is 0.310 e. The third kappa shape index (κ3) is 5.52. The van der Waals surface area contributed by atoms with E-state index in [-0.39, 0.29) is 0 Å². The molecule has 0 aliphatic rings. The maximum atomic E-state index is 5.76. The molecule has 0 amide bonds. The third-order valence-corrected chi connectivity index (χ3v) is 13.7. The molecule has 0 saturated carbocycles. The van der Waals surface area contributed by atoms with Crippen LogP contribution in [0.5, 0.6) is 0 Å². The van der Waals surface area contributed by atoms with E-state index in [1.165, 1.54) is 43.4 Å². The molecule has 306 valence electrons. The highest BCUT2D eigenvalue weighted by molar-refractivity contribution is 6.27. The van der Waals surface area contributed by atoms with Crippen LogP contribution in [0.2, 0.25) is 0 Å². The average Bonchev–Trinajstić information content (AvgIpc) is 3.72. The molecule has 2 heterocycles. The van der Waals surface area contributed by atoms with Crippen LogP contribution < -0.4 is 4.90 Å². The number of fused-ring (bicyclic) bond motifs is 14. The van der Waals surface area contributed by atoms with Crippen LogP contribution in [0.3, 0.4) is 0 Å². The first-order valence-electron chi connectivity index (χ1n) is 22.6. The minimum absolute atomic E-state index is 0.874. The number of hydrogen-bond acceptors (Lipinski definition) is 3. The third-order valence-electron chi connectivity index (χ3n) is 13.7. The maximum Gasteiger partial charge on any atom is 0.0995 e. The fourth-order valence-corrected chi connectivity index (χ4v) is 10.6. The Kier molecular flexibility index (Phi) is 7.95. The Labute approximate surface area is 379 Å². The first-order chi connectivity index (χ1) is 32.7. The molecule has 0 spiro atoms. The minimum atomic E-state index is 0.874. The van der Waals surface area contributed by atoms with Gasteiger partial charge in [-0.2, -0.15) is 0 Å². The van der Waals surface area contributed by atoms with E-state index >= 15 is 0 Å². The first kappa shape index (κ1) is 36.6. The van der Waals surface area contributed by atoms with Gasteiger partial charge < -0.3 is 9.47 Å². The minimum Gasteiger partial charge on any atom is -0.310 e. The molecule has 0 N–H and O–H groups in total. The molecular formula is C62H38N4. The highest BCUT2D eigenvalue weighted by Gasteiger charge is 2.22. The normalized spacial score (nSPS) is 11.9. The Morgan fingerprint density at radius 3 is 1.79 bits per heavy atom. The smallest absolute Gasteiger partial charge is 0.0995 e. The lowest BCUT2D eigenvalue weighted by molar-refractivity contribution is 1.20. The van der Waals surface area contributed by atoms with Gasteiger partial charge in [0.25, 0.3) is 0 Å². The highest BCUT2D eigenvalue weighted by Crippen LogP contribution is 2.45. The molecule has 12 aromatic carbocycles. The van der Waals surface area contributed by atoms with Crippen molar-refractivity contribution >= 4 is 115 Å². The van der Waals surface area contributed by atoms with Crippen LogP contribution in [0.1, 0.15) is 0 Å². The number of anilines is 3. The second kappa shape index (κ2) is 14.3. The maximum absolute atomic E-state index is 5.76. The quantitative estimate of drug-likeness (QED) is 0.128. The van der Waals surface area contributed by atoms with Gasteiger partial charge in [-0.3, -0.25) is 0 Å². The molecule has 2 aromatic heterocycles. The van der Waals surface area contributed by atoms with Crippen molar-refractivity contribution in [3.05, 3.63) is 231 Å². The van der Waals surface area contributed by atoms with Gasteiger partial charge in [-0.25, -0.2) is 9.97 Å². The molecular weight excluding hydrogens is 801 g/mol. The molecule has 0 aliphatic carbocycles. The highest BCUT2D eigenvalue weighted by atomic mass is 15.1. The summed E-state index contributed by atoms with van der Waals surface area (Å²) in [7, 11) is 0. The Bertz CT molecular complexity index is 4290. The second-order valence-corrected chi connectivity index (χ2v) is 17.3. The van der Waals surface area contributed by atoms with Gasteiger partial charge in [-0.15, -0.1) is 0 Å². The molecule has 0 aliphatic heterocycles. The number of benzene rings is 12. The zero-order valence-electron chi connectivity index (χ0n) is 35.7. The van der Waals surface area contributed by atoms with Crippen molar-refractivity contribution in [2.45, 2.75) is 0 Å². The number of aromatic nitrogens is 3. The fraction of sp³-hybridized carbons (Fsp3) is 0. The van der Waals surface area contributed by atoms with Crippen LogP contribution in [-0.2, 0) is 0 Å². The monoisotopic (exact) mass is 838 g/mol. The van der Waals surface area contributed by atoms with Crippen molar-refractivity contribution in [2.24, 2.45) is 0 Å². The molecule has 14 aromatic rings. The van der Waals surface area contributed by atoms with E-state index in [0.717, 1.165) is 88.2 Å². The summed E-state index contributed by atoms with van der Waals surface area (Å²) in [6, 6.07) is 83.4. The van der Waals surface area contributed by atoms with Crippen LogP contribution in [-0.4, -0.2) is 14.5 Å². The lowest BCUT2D eigenvalue weighted by Gasteiger charge is -2.27. The van der Waals surface area contributed by atoms with E-state index in [1.54, 1.807) is 0 Å². The summed E-state index contributed by atoms with van der Waals surface area (Å²) in [6.45, 7) is 0. The Morgan fingerprint density at radius 2 is 0.939 bits per heavy atom. The number of rotatable bonds is 5. The summed E-state index contributed by atoms with van der Waals surface area (Å²) >= 11 is 0. The van der Waals surface area contributed by atoms with Crippen LogP contribution >= 0.6 is 0 Å². The standard InChI is InChI=1S/C62H38N4/c1-2-14-39(15-3-1)44-29-32-52-58(37-44)66(56-27-13-21-42-18-7-9-23-48(42)56)57-35-34-54-62(59(52)57)64-61-51-33-31-46(38-53(51)49-24-10-11-25-50(49)60(61)63-54)65(45-30-28-40-16-4-5-19-43(40)36-45)55-26-12-20-41-17-6-8-22-47(41)55/h1-38H. The molecule has 0 unspecified atom stereocenters. The summed E-state index contributed by atoms with van der Waals surface area (Å²) in [6.07, 6.45) is 0. The average molecular weight is 839 g/mol. The van der Waals surface area contributed by atoms with Gasteiger partial charge in [0.15, 0.2) is 0 Å². The van der Waals surface area contributed by atoms with Crippen molar-refractivity contribution in [3.8, 4) is 16.8 Å². The van der Waals surface area contributed by atoms with Crippen molar-refractivity contribution in [3.63, 3.8) is 0 Å². The van der Waals surface area contributed by atoms with Crippen molar-refractivity contribution in [2.75, 3.05) is 4.90 Å². The van der Waals surface area contributed by atoms with Gasteiger partial charge in [0.2, 0.25) is 0 Å².